The van der Waals surface area contributed by atoms with Crippen molar-refractivity contribution in [2.75, 3.05) is 39.4 Å². The van der Waals surface area contributed by atoms with Crippen molar-refractivity contribution in [3.63, 3.8) is 0 Å². The van der Waals surface area contributed by atoms with Gasteiger partial charge in [0.25, 0.3) is 11.0 Å². The molecule has 2 aromatic rings. The lowest BCUT2D eigenvalue weighted by molar-refractivity contribution is -0.124. The number of carbonyl (C=O) groups excluding carboxylic acids is 3. The van der Waals surface area contributed by atoms with Crippen molar-refractivity contribution in [2.24, 2.45) is 5.92 Å². The summed E-state index contributed by atoms with van der Waals surface area (Å²) in [5.41, 5.74) is 0.892. The topological polar surface area (TPSA) is 270 Å². The maximum Gasteiger partial charge on any atom is 0.480 e. The Hall–Kier alpha value is -3.09. The number of amides is 3. The van der Waals surface area contributed by atoms with E-state index < -0.39 is 63.5 Å². The van der Waals surface area contributed by atoms with Gasteiger partial charge in [-0.1, -0.05) is 44.2 Å². The molecule has 0 spiro atoms. The van der Waals surface area contributed by atoms with Gasteiger partial charge >= 0.3 is 22.3 Å². The number of rotatable bonds is 16. The summed E-state index contributed by atoms with van der Waals surface area (Å²) in [7, 11) is -12.4. The lowest BCUT2D eigenvalue weighted by Crippen LogP contribution is -2.57. The molecule has 0 aliphatic carbocycles. The molecule has 1 fully saturated rings. The molecule has 21 heteroatoms. The second-order valence-electron chi connectivity index (χ2n) is 11.9. The number of benzene rings is 1. The molecule has 2 heterocycles. The molecule has 1 unspecified atom stereocenters. The van der Waals surface area contributed by atoms with Crippen LogP contribution in [0.5, 0.6) is 0 Å². The van der Waals surface area contributed by atoms with Gasteiger partial charge in [-0.05, 0) is 17.9 Å². The van der Waals surface area contributed by atoms with Gasteiger partial charge in [0.1, 0.15) is 11.7 Å². The fourth-order valence-electron chi connectivity index (χ4n) is 4.96. The Morgan fingerprint density at radius 3 is 2.18 bits per heavy atom. The van der Waals surface area contributed by atoms with E-state index in [0.717, 1.165) is 5.56 Å². The Morgan fingerprint density at radius 1 is 1.00 bits per heavy atom. The number of carbonyl (C=O) groups is 3. The van der Waals surface area contributed by atoms with Gasteiger partial charge in [-0.25, -0.2) is 4.98 Å². The highest BCUT2D eigenvalue weighted by atomic mass is 31.2. The normalized spacial score (nSPS) is 16.3. The summed E-state index contributed by atoms with van der Waals surface area (Å²) in [4.78, 5) is 85.6. The van der Waals surface area contributed by atoms with Gasteiger partial charge in [-0.2, -0.15) is 0 Å². The highest BCUT2D eigenvalue weighted by Crippen LogP contribution is 2.68. The molecule has 0 saturated carbocycles. The van der Waals surface area contributed by atoms with Crippen LogP contribution in [0.1, 0.15) is 42.7 Å². The molecule has 0 bridgehead atoms. The third-order valence-electron chi connectivity index (χ3n) is 7.54. The molecular formula is C28H43BN6O12P2. The molecule has 270 valence electrons. The summed E-state index contributed by atoms with van der Waals surface area (Å²) < 4.78 is 35.1. The smallest absolute Gasteiger partial charge is 0.408 e. The van der Waals surface area contributed by atoms with Crippen LogP contribution in [0.15, 0.2) is 48.9 Å². The zero-order chi connectivity index (χ0) is 36.2. The number of nitrogens with zero attached hydrogens (tertiary/aromatic N) is 3. The molecule has 1 aromatic carbocycles. The maximum absolute atomic E-state index is 13.7. The average molecular weight is 728 g/mol. The third kappa shape index (κ3) is 12.3. The van der Waals surface area contributed by atoms with Crippen LogP contribution < -0.4 is 16.0 Å². The number of aromatic nitrogens is 2. The molecule has 1 aliphatic heterocycles. The Labute approximate surface area is 283 Å². The Balaban J connectivity index is 1.59. The monoisotopic (exact) mass is 728 g/mol. The molecular weight excluding hydrogens is 685 g/mol. The van der Waals surface area contributed by atoms with Gasteiger partial charge in [-0.15, -0.1) is 0 Å². The van der Waals surface area contributed by atoms with E-state index in [0.29, 0.717) is 19.5 Å². The summed E-state index contributed by atoms with van der Waals surface area (Å²) in [6, 6.07) is 8.27. The summed E-state index contributed by atoms with van der Waals surface area (Å²) >= 11 is 0. The second-order valence-corrected chi connectivity index (χ2v) is 15.9. The zero-order valence-electron chi connectivity index (χ0n) is 27.1. The predicted molar refractivity (Wildman–Crippen MR) is 176 cm³/mol. The number of hydrogen-bond acceptors (Lipinski definition) is 11. The van der Waals surface area contributed by atoms with E-state index in [2.05, 4.69) is 25.9 Å². The first-order valence-electron chi connectivity index (χ1n) is 15.5. The van der Waals surface area contributed by atoms with Crippen molar-refractivity contribution in [1.29, 1.82) is 0 Å². The van der Waals surface area contributed by atoms with Crippen molar-refractivity contribution in [3.05, 3.63) is 60.2 Å². The van der Waals surface area contributed by atoms with Gasteiger partial charge in [-0.3, -0.25) is 33.4 Å². The van der Waals surface area contributed by atoms with Crippen LogP contribution in [0.2, 0.25) is 0 Å². The van der Waals surface area contributed by atoms with Crippen molar-refractivity contribution >= 4 is 40.0 Å². The highest BCUT2D eigenvalue weighted by molar-refractivity contribution is 7.72. The zero-order valence-corrected chi connectivity index (χ0v) is 28.9. The summed E-state index contributed by atoms with van der Waals surface area (Å²) in [5.74, 6) is -2.61. The second kappa shape index (κ2) is 18.2. The molecule has 1 aliphatic rings. The van der Waals surface area contributed by atoms with Gasteiger partial charge in [0.2, 0.25) is 11.8 Å². The van der Waals surface area contributed by atoms with E-state index in [9.17, 15) is 48.2 Å². The van der Waals surface area contributed by atoms with Gasteiger partial charge < -0.3 is 49.9 Å². The van der Waals surface area contributed by atoms with Crippen molar-refractivity contribution < 1.29 is 57.5 Å². The fraction of sp³-hybridized carbons (Fsp3) is 0.536. The van der Waals surface area contributed by atoms with Crippen LogP contribution in [0.4, 0.5) is 0 Å². The number of nitrogens with one attached hydrogen (secondary N) is 3. The molecule has 8 N–H and O–H groups in total. The maximum atomic E-state index is 13.7. The first-order valence-corrected chi connectivity index (χ1v) is 18.7. The van der Waals surface area contributed by atoms with E-state index in [4.69, 9.17) is 9.31 Å². The van der Waals surface area contributed by atoms with Gasteiger partial charge in [0.15, 0.2) is 0 Å². The lowest BCUT2D eigenvalue weighted by Gasteiger charge is -2.32. The molecule has 3 amide bonds. The first kappa shape index (κ1) is 40.3. The van der Waals surface area contributed by atoms with Crippen LogP contribution >= 0.6 is 15.2 Å². The minimum atomic E-state index is -5.77. The van der Waals surface area contributed by atoms with Crippen molar-refractivity contribution in [1.82, 2.24) is 30.8 Å². The molecule has 0 radical (unpaired) electrons. The summed E-state index contributed by atoms with van der Waals surface area (Å²) in [5, 5.41) is 14.2. The van der Waals surface area contributed by atoms with Crippen LogP contribution in [-0.4, -0.2) is 121 Å². The number of hydrogen-bond donors (Lipinski definition) is 8. The molecule has 1 aromatic heterocycles. The fourth-order valence-corrected chi connectivity index (χ4v) is 7.01. The average Bonchev–Trinajstić information content (AvgIpc) is 3.01. The predicted octanol–water partition coefficient (Wildman–Crippen LogP) is -0.767. The molecule has 2 atom stereocenters. The summed E-state index contributed by atoms with van der Waals surface area (Å²) in [6.45, 7) is 5.18. The Kier molecular flexibility index (Phi) is 15.0. The Bertz CT molecular complexity index is 1450. The van der Waals surface area contributed by atoms with Crippen molar-refractivity contribution in [3.8, 4) is 0 Å². The molecule has 3 rings (SSSR count). The quantitative estimate of drug-likeness (QED) is 0.0779. The highest BCUT2D eigenvalue weighted by Gasteiger charge is 2.60. The SMILES string of the molecule is CC(C)CC(NC(=O)[C@@H](Cc1ccccc1)NC(=O)c1cnccn1)B1OCCN(CCNC(=O)CC(O)(P(=O)(O)O)P(=O)(O)O)CCO1. The molecule has 18 nitrogen and oxygen atoms in total. The minimum absolute atomic E-state index is 0.0617. The van der Waals surface area contributed by atoms with Crippen LogP contribution in [0.3, 0.4) is 0 Å². The van der Waals surface area contributed by atoms with E-state index in [1.54, 1.807) is 0 Å². The number of aliphatic hydroxyl groups is 1. The van der Waals surface area contributed by atoms with Crippen LogP contribution in [0.25, 0.3) is 0 Å². The van der Waals surface area contributed by atoms with Gasteiger partial charge in [0, 0.05) is 58.2 Å². The first-order chi connectivity index (χ1) is 23.0. The van der Waals surface area contributed by atoms with E-state index in [1.807, 2.05) is 49.1 Å². The van der Waals surface area contributed by atoms with Crippen molar-refractivity contribution in [2.45, 2.75) is 50.2 Å². The lowest BCUT2D eigenvalue weighted by atomic mass is 9.73. The van der Waals surface area contributed by atoms with E-state index in [-0.39, 0.29) is 44.3 Å². The minimum Gasteiger partial charge on any atom is -0.408 e. The van der Waals surface area contributed by atoms with Crippen LogP contribution in [-0.2, 0) is 34.4 Å². The van der Waals surface area contributed by atoms with Gasteiger partial charge in [0.05, 0.1) is 18.6 Å². The third-order valence-corrected chi connectivity index (χ3v) is 11.3. The van der Waals surface area contributed by atoms with E-state index >= 15 is 0 Å². The molecule has 1 saturated heterocycles. The Morgan fingerprint density at radius 2 is 1.63 bits per heavy atom. The van der Waals surface area contributed by atoms with Crippen LogP contribution in [0, 0.1) is 5.92 Å². The van der Waals surface area contributed by atoms with E-state index in [1.165, 1.54) is 18.6 Å². The summed E-state index contributed by atoms with van der Waals surface area (Å²) in [6.07, 6.45) is 3.33. The largest absolute Gasteiger partial charge is 0.480 e. The molecule has 49 heavy (non-hydrogen) atoms. The standard InChI is InChI=1S/C28H43BN6O12P2/c1-20(2)16-24(34-26(37)22(17-21-6-4-3-5-7-21)33-27(38)23-19-30-8-9-31-23)29-46-14-12-35(13-15-47-29)11-10-32-25(36)18-28(39,48(40,41)42)49(43,44)45/h3-9,19-20,22,24,39H,10-18H2,1-2H3,(H,32,36)(H,33,38)(H,34,37)(H2,40,41,42)(H2,43,44,45)/t22-,24?/m1/s1.